The summed E-state index contributed by atoms with van der Waals surface area (Å²) in [6, 6.07) is 7.41. The van der Waals surface area contributed by atoms with Gasteiger partial charge in [-0.3, -0.25) is 4.79 Å². The van der Waals surface area contributed by atoms with E-state index in [1.807, 2.05) is 24.3 Å². The molecule has 0 unspecified atom stereocenters. The molecular formula is C21H32N2O4S. The quantitative estimate of drug-likeness (QED) is 0.721. The molecule has 3 rings (SSSR count). The van der Waals surface area contributed by atoms with Crippen LogP contribution >= 0.6 is 0 Å². The molecule has 2 N–H and O–H groups in total. The first kappa shape index (κ1) is 21.1. The maximum atomic E-state index is 12.5. The number of anilines is 1. The third-order valence-corrected chi connectivity index (χ3v) is 7.79. The Labute approximate surface area is 168 Å². The van der Waals surface area contributed by atoms with Gasteiger partial charge in [-0.25, -0.2) is 13.1 Å². The minimum atomic E-state index is -3.36. The SMILES string of the molecule is CC(C)(C)S(=O)(=O)N[C@H]1CC[C@H](C(=O)Nc2ccc(OCC3CC3)cc2)CC1. The molecule has 156 valence electrons. The molecule has 2 aliphatic carbocycles. The van der Waals surface area contributed by atoms with Gasteiger partial charge in [0.2, 0.25) is 15.9 Å². The second-order valence-electron chi connectivity index (χ2n) is 9.05. The fourth-order valence-corrected chi connectivity index (χ4v) is 4.28. The topological polar surface area (TPSA) is 84.5 Å². The molecule has 1 amide bonds. The van der Waals surface area contributed by atoms with Gasteiger partial charge in [-0.15, -0.1) is 0 Å². The second-order valence-corrected chi connectivity index (χ2v) is 11.5. The van der Waals surface area contributed by atoms with Crippen molar-refractivity contribution >= 4 is 21.6 Å². The van der Waals surface area contributed by atoms with Gasteiger partial charge in [-0.05, 0) is 89.5 Å². The van der Waals surface area contributed by atoms with Crippen LogP contribution in [0.15, 0.2) is 24.3 Å². The summed E-state index contributed by atoms with van der Waals surface area (Å²) in [5.41, 5.74) is 0.763. The van der Waals surface area contributed by atoms with Gasteiger partial charge >= 0.3 is 0 Å². The van der Waals surface area contributed by atoms with E-state index in [0.717, 1.165) is 18.0 Å². The molecule has 1 aromatic rings. The normalized spacial score (nSPS) is 23.2. The lowest BCUT2D eigenvalue weighted by Crippen LogP contribution is -2.46. The zero-order chi connectivity index (χ0) is 20.4. The average Bonchev–Trinajstić information content (AvgIpc) is 3.45. The summed E-state index contributed by atoms with van der Waals surface area (Å²) in [7, 11) is -3.36. The first-order valence-electron chi connectivity index (χ1n) is 10.2. The number of ether oxygens (including phenoxy) is 1. The summed E-state index contributed by atoms with van der Waals surface area (Å²) in [6.45, 7) is 5.85. The molecule has 6 nitrogen and oxygen atoms in total. The van der Waals surface area contributed by atoms with Gasteiger partial charge in [0.25, 0.3) is 0 Å². The van der Waals surface area contributed by atoms with Crippen molar-refractivity contribution in [1.29, 1.82) is 0 Å². The van der Waals surface area contributed by atoms with Crippen molar-refractivity contribution in [2.45, 2.75) is 70.1 Å². The molecule has 28 heavy (non-hydrogen) atoms. The van der Waals surface area contributed by atoms with Crippen molar-refractivity contribution in [1.82, 2.24) is 4.72 Å². The summed E-state index contributed by atoms with van der Waals surface area (Å²) >= 11 is 0. The summed E-state index contributed by atoms with van der Waals surface area (Å²) in [5.74, 6) is 1.46. The molecular weight excluding hydrogens is 376 g/mol. The number of amides is 1. The average molecular weight is 409 g/mol. The Morgan fingerprint density at radius 3 is 2.18 bits per heavy atom. The van der Waals surface area contributed by atoms with Crippen LogP contribution in [0.1, 0.15) is 59.3 Å². The molecule has 0 atom stereocenters. The number of rotatable bonds is 7. The van der Waals surface area contributed by atoms with Crippen LogP contribution in [0.3, 0.4) is 0 Å². The Morgan fingerprint density at radius 2 is 1.64 bits per heavy atom. The lowest BCUT2D eigenvalue weighted by Gasteiger charge is -2.30. The highest BCUT2D eigenvalue weighted by Crippen LogP contribution is 2.30. The standard InChI is InChI=1S/C21H32N2O4S/c1-21(2,3)28(25,26)23-18-8-6-16(7-9-18)20(24)22-17-10-12-19(13-11-17)27-14-15-4-5-15/h10-13,15-16,18,23H,4-9,14H2,1-3H3,(H,22,24)/t16-,18-. The smallest absolute Gasteiger partial charge is 0.227 e. The lowest BCUT2D eigenvalue weighted by atomic mass is 9.86. The molecule has 2 fully saturated rings. The van der Waals surface area contributed by atoms with E-state index in [9.17, 15) is 13.2 Å². The van der Waals surface area contributed by atoms with Gasteiger partial charge in [0.15, 0.2) is 0 Å². The highest BCUT2D eigenvalue weighted by atomic mass is 32.2. The van der Waals surface area contributed by atoms with Gasteiger partial charge in [-0.2, -0.15) is 0 Å². The fraction of sp³-hybridized carbons (Fsp3) is 0.667. The number of sulfonamides is 1. The van der Waals surface area contributed by atoms with Crippen LogP contribution in [0.2, 0.25) is 0 Å². The molecule has 0 heterocycles. The van der Waals surface area contributed by atoms with E-state index in [1.165, 1.54) is 12.8 Å². The zero-order valence-corrected chi connectivity index (χ0v) is 17.8. The number of hydrogen-bond acceptors (Lipinski definition) is 4. The third-order valence-electron chi connectivity index (χ3n) is 5.53. The van der Waals surface area contributed by atoms with Crippen molar-refractivity contribution in [3.05, 3.63) is 24.3 Å². The number of carbonyl (C=O) groups is 1. The Hall–Kier alpha value is -1.60. The lowest BCUT2D eigenvalue weighted by molar-refractivity contribution is -0.120. The first-order chi connectivity index (χ1) is 13.1. The van der Waals surface area contributed by atoms with Crippen molar-refractivity contribution in [3.8, 4) is 5.75 Å². The number of nitrogens with one attached hydrogen (secondary N) is 2. The van der Waals surface area contributed by atoms with E-state index in [4.69, 9.17) is 4.74 Å². The van der Waals surface area contributed by atoms with Crippen molar-refractivity contribution in [3.63, 3.8) is 0 Å². The molecule has 0 aliphatic heterocycles. The van der Waals surface area contributed by atoms with Crippen LogP contribution in [0.25, 0.3) is 0 Å². The molecule has 0 radical (unpaired) electrons. The van der Waals surface area contributed by atoms with Gasteiger partial charge in [0.05, 0.1) is 11.4 Å². The van der Waals surface area contributed by atoms with Crippen molar-refractivity contribution in [2.24, 2.45) is 11.8 Å². The first-order valence-corrected chi connectivity index (χ1v) is 11.7. The predicted molar refractivity (Wildman–Crippen MR) is 111 cm³/mol. The highest BCUT2D eigenvalue weighted by molar-refractivity contribution is 7.90. The molecule has 1 aromatic carbocycles. The van der Waals surface area contributed by atoms with E-state index in [-0.39, 0.29) is 17.9 Å². The number of carbonyl (C=O) groups excluding carboxylic acids is 1. The second kappa shape index (κ2) is 8.41. The minimum Gasteiger partial charge on any atom is -0.493 e. The van der Waals surface area contributed by atoms with Gasteiger partial charge in [0, 0.05) is 17.6 Å². The van der Waals surface area contributed by atoms with Crippen LogP contribution in [0.5, 0.6) is 5.75 Å². The minimum absolute atomic E-state index is 0.00350. The molecule has 0 spiro atoms. The Morgan fingerprint density at radius 1 is 1.04 bits per heavy atom. The maximum absolute atomic E-state index is 12.5. The van der Waals surface area contributed by atoms with Crippen molar-refractivity contribution < 1.29 is 17.9 Å². The van der Waals surface area contributed by atoms with Crippen LogP contribution in [0, 0.1) is 11.8 Å². The molecule has 0 bridgehead atoms. The summed E-state index contributed by atoms with van der Waals surface area (Å²) in [5, 5.41) is 2.97. The van der Waals surface area contributed by atoms with Gasteiger partial charge in [-0.1, -0.05) is 0 Å². The van der Waals surface area contributed by atoms with Gasteiger partial charge in [0.1, 0.15) is 5.75 Å². The molecule has 2 aliphatic rings. The van der Waals surface area contributed by atoms with E-state index in [1.54, 1.807) is 20.8 Å². The molecule has 7 heteroatoms. The molecule has 0 aromatic heterocycles. The monoisotopic (exact) mass is 408 g/mol. The number of hydrogen-bond donors (Lipinski definition) is 2. The van der Waals surface area contributed by atoms with Crippen LogP contribution in [0.4, 0.5) is 5.69 Å². The van der Waals surface area contributed by atoms with Crippen LogP contribution < -0.4 is 14.8 Å². The van der Waals surface area contributed by atoms with E-state index >= 15 is 0 Å². The summed E-state index contributed by atoms with van der Waals surface area (Å²) in [6.07, 6.45) is 5.25. The summed E-state index contributed by atoms with van der Waals surface area (Å²) in [4.78, 5) is 12.5. The van der Waals surface area contributed by atoms with E-state index < -0.39 is 14.8 Å². The molecule has 2 saturated carbocycles. The zero-order valence-electron chi connectivity index (χ0n) is 17.0. The van der Waals surface area contributed by atoms with E-state index in [2.05, 4.69) is 10.0 Å². The highest BCUT2D eigenvalue weighted by Gasteiger charge is 2.34. The predicted octanol–water partition coefficient (Wildman–Crippen LogP) is 3.69. The van der Waals surface area contributed by atoms with Crippen LogP contribution in [-0.4, -0.2) is 31.7 Å². The van der Waals surface area contributed by atoms with E-state index in [0.29, 0.717) is 31.6 Å². The van der Waals surface area contributed by atoms with Crippen molar-refractivity contribution in [2.75, 3.05) is 11.9 Å². The number of benzene rings is 1. The van der Waals surface area contributed by atoms with Gasteiger partial charge < -0.3 is 10.1 Å². The molecule has 0 saturated heterocycles. The Kier molecular flexibility index (Phi) is 6.34. The summed E-state index contributed by atoms with van der Waals surface area (Å²) < 4.78 is 32.3. The maximum Gasteiger partial charge on any atom is 0.227 e. The third kappa shape index (κ3) is 5.70. The Bertz CT molecular complexity index is 772. The van der Waals surface area contributed by atoms with Crippen LogP contribution in [-0.2, 0) is 14.8 Å². The Balaban J connectivity index is 1.44. The largest absolute Gasteiger partial charge is 0.493 e. The fourth-order valence-electron chi connectivity index (χ4n) is 3.25.